The van der Waals surface area contributed by atoms with E-state index in [1.165, 1.54) is 26.1 Å². The lowest BCUT2D eigenvalue weighted by Crippen LogP contribution is -2.64. The minimum absolute atomic E-state index is 0.0540. The molecule has 14 N–H and O–H groups in total. The minimum Gasteiger partial charge on any atom is -0.480 e. The number of benzene rings is 4. The summed E-state index contributed by atoms with van der Waals surface area (Å²) in [4.78, 5) is 130. The number of aliphatic carboxylic acids is 1. The molecule has 0 spiro atoms. The number of aliphatic hydroxyl groups excluding tert-OH is 1. The lowest BCUT2D eigenvalue weighted by molar-refractivity contribution is -0.141. The molecule has 0 fully saturated rings. The fourth-order valence-electron chi connectivity index (χ4n) is 8.35. The van der Waals surface area contributed by atoms with Gasteiger partial charge in [0.15, 0.2) is 6.17 Å². The second-order valence-corrected chi connectivity index (χ2v) is 19.5. The molecule has 8 amide bonds. The molecule has 79 heavy (non-hydrogen) atoms. The number of aromatic amines is 1. The Bertz CT molecular complexity index is 2860. The zero-order valence-corrected chi connectivity index (χ0v) is 45.5. The summed E-state index contributed by atoms with van der Waals surface area (Å²) in [5, 5.41) is 39.3. The van der Waals surface area contributed by atoms with Crippen molar-refractivity contribution >= 4 is 89.4 Å². The van der Waals surface area contributed by atoms with Gasteiger partial charge in [-0.25, -0.2) is 4.79 Å². The molecule has 5 rings (SSSR count). The highest BCUT2D eigenvalue weighted by Gasteiger charge is 2.38. The van der Waals surface area contributed by atoms with Crippen LogP contribution < -0.4 is 48.7 Å². The molecule has 9 atom stereocenters. The van der Waals surface area contributed by atoms with Crippen LogP contribution in [0.2, 0.25) is 0 Å². The number of hydrogen-bond donors (Lipinski definition) is 14. The van der Waals surface area contributed by atoms with Crippen LogP contribution in [0.25, 0.3) is 10.9 Å². The van der Waals surface area contributed by atoms with Crippen LogP contribution in [0.15, 0.2) is 121 Å². The summed E-state index contributed by atoms with van der Waals surface area (Å²) in [6.07, 6.45) is -1.59. The van der Waals surface area contributed by atoms with Gasteiger partial charge in [0, 0.05) is 60.5 Å². The van der Waals surface area contributed by atoms with Gasteiger partial charge in [-0.05, 0) is 67.6 Å². The van der Waals surface area contributed by atoms with Gasteiger partial charge in [-0.2, -0.15) is 25.3 Å². The molecule has 0 saturated heterocycles. The largest absolute Gasteiger partial charge is 0.480 e. The monoisotopic (exact) mass is 1120 g/mol. The van der Waals surface area contributed by atoms with E-state index in [0.29, 0.717) is 34.0 Å². The van der Waals surface area contributed by atoms with Crippen molar-refractivity contribution in [1.82, 2.24) is 47.1 Å². The number of carbonyl (C=O) groups is 9. The number of amides is 8. The molecule has 0 aliphatic carbocycles. The van der Waals surface area contributed by atoms with Crippen LogP contribution in [-0.4, -0.2) is 153 Å². The number of carboxylic acids is 1. The van der Waals surface area contributed by atoms with Crippen LogP contribution in [0.1, 0.15) is 53.2 Å². The first-order valence-electron chi connectivity index (χ1n) is 25.5. The lowest BCUT2D eigenvalue weighted by Gasteiger charge is -2.32. The zero-order chi connectivity index (χ0) is 57.6. The number of rotatable bonds is 30. The Morgan fingerprint density at radius 2 is 1.05 bits per heavy atom. The number of fused-ring (bicyclic) bond motifs is 1. The van der Waals surface area contributed by atoms with Gasteiger partial charge in [0.2, 0.25) is 35.4 Å². The predicted octanol–water partition coefficient (Wildman–Crippen LogP) is 0.100. The molecule has 4 aromatic carbocycles. The summed E-state index contributed by atoms with van der Waals surface area (Å²) in [5.41, 5.74) is 14.4. The summed E-state index contributed by atoms with van der Waals surface area (Å²) >= 11 is 8.14. The number of unbranched alkanes of at least 4 members (excludes halogenated alkanes) is 1. The molecule has 24 heteroatoms. The summed E-state index contributed by atoms with van der Waals surface area (Å²) in [5.74, 6) is -8.82. The van der Waals surface area contributed by atoms with E-state index in [1.807, 2.05) is 0 Å². The average Bonchev–Trinajstić information content (AvgIpc) is 3.87. The van der Waals surface area contributed by atoms with Gasteiger partial charge in [0.1, 0.15) is 36.3 Å². The first-order valence-corrected chi connectivity index (χ1v) is 26.8. The highest BCUT2D eigenvalue weighted by atomic mass is 32.1. The molecule has 0 radical (unpaired) electrons. The number of carboxylic acid groups (broad SMARTS) is 1. The van der Waals surface area contributed by atoms with Crippen molar-refractivity contribution in [3.05, 3.63) is 144 Å². The standard InChI is InChI=1S/C55H69N11O11S2/c1-32(67)45(52(73)61-41(26-33-16-6-3-7-17-33)49(70)63-44(31-79)55(76)77)64-48(69)40(24-14-15-25-56)59-50(71)43(28-36-29-58-39-23-13-12-22-37(36)39)62-53(74)46(66(2)54(75)35-20-10-5-11-21-35)65-51(72)42(60-47(68)38(57)30-78)27-34-18-8-4-9-19-34/h3-13,16-23,29,32,38,40-46,58,67,78-79H,14-15,24-28,30-31,56-57H2,1-2H3,(H,59,71)(H,60,68)(H,61,73)(H,62,74)(H,63,70)(H,64,69)(H,65,72)(H,76,77)/t32-,38-,40+,41+,42+,43-,44+,45+,46?/m1/s1. The van der Waals surface area contributed by atoms with E-state index in [4.69, 9.17) is 11.5 Å². The van der Waals surface area contributed by atoms with Gasteiger partial charge in [0.05, 0.1) is 12.1 Å². The van der Waals surface area contributed by atoms with Crippen molar-refractivity contribution in [1.29, 1.82) is 0 Å². The molecule has 1 aromatic heterocycles. The Morgan fingerprint density at radius 1 is 0.570 bits per heavy atom. The van der Waals surface area contributed by atoms with Crippen molar-refractivity contribution in [3.8, 4) is 0 Å². The van der Waals surface area contributed by atoms with Gasteiger partial charge >= 0.3 is 5.97 Å². The molecule has 0 aliphatic heterocycles. The smallest absolute Gasteiger partial charge is 0.327 e. The Kier molecular flexibility index (Phi) is 24.3. The van der Waals surface area contributed by atoms with E-state index in [-0.39, 0.29) is 55.7 Å². The molecular weight excluding hydrogens is 1050 g/mol. The van der Waals surface area contributed by atoms with Crippen LogP contribution >= 0.6 is 25.3 Å². The Balaban J connectivity index is 1.48. The highest BCUT2D eigenvalue weighted by molar-refractivity contribution is 7.80. The number of carbonyl (C=O) groups excluding carboxylic acids is 8. The number of likely N-dealkylation sites (N-methyl/N-ethyl adjacent to an activating group) is 1. The first-order chi connectivity index (χ1) is 37.8. The van der Waals surface area contributed by atoms with Crippen molar-refractivity contribution < 1.29 is 53.4 Å². The van der Waals surface area contributed by atoms with Crippen molar-refractivity contribution in [2.24, 2.45) is 11.5 Å². The third kappa shape index (κ3) is 18.4. The summed E-state index contributed by atoms with van der Waals surface area (Å²) in [6.45, 7) is 1.43. The fraction of sp³-hybridized carbons (Fsp3) is 0.364. The van der Waals surface area contributed by atoms with Crippen LogP contribution in [0, 0.1) is 0 Å². The van der Waals surface area contributed by atoms with Crippen LogP contribution in [0.4, 0.5) is 0 Å². The van der Waals surface area contributed by atoms with E-state index in [2.05, 4.69) is 67.5 Å². The SMILES string of the molecule is C[C@@H](O)[C@H](NC(=O)[C@H](CCCCN)NC(=O)[C@@H](Cc1c[nH]c2ccccc12)NC(=O)C(NC(=O)[C@H](Cc1ccccc1)NC(=O)[C@H](N)CS)N(C)C(=O)c1ccccc1)C(=O)N[C@@H](Cc1ccccc1)C(=O)N[C@@H](CS)C(=O)O. The van der Waals surface area contributed by atoms with Gasteiger partial charge in [0.25, 0.3) is 11.8 Å². The third-order valence-corrected chi connectivity index (χ3v) is 13.6. The molecule has 5 aromatic rings. The normalized spacial score (nSPS) is 14.5. The van der Waals surface area contributed by atoms with E-state index < -0.39 is 108 Å². The number of nitrogens with two attached hydrogens (primary N) is 2. The molecule has 22 nitrogen and oxygen atoms in total. The molecular formula is C55H69N11O11S2. The predicted molar refractivity (Wildman–Crippen MR) is 302 cm³/mol. The summed E-state index contributed by atoms with van der Waals surface area (Å²) in [7, 11) is 1.27. The van der Waals surface area contributed by atoms with E-state index in [0.717, 1.165) is 4.90 Å². The summed E-state index contributed by atoms with van der Waals surface area (Å²) in [6, 6.07) is 22.3. The third-order valence-electron chi connectivity index (χ3n) is 12.8. The number of aliphatic hydroxyl groups is 1. The number of para-hydroxylation sites is 1. The van der Waals surface area contributed by atoms with E-state index >= 15 is 0 Å². The number of nitrogens with zero attached hydrogens (tertiary/aromatic N) is 1. The van der Waals surface area contributed by atoms with Crippen molar-refractivity contribution in [2.45, 2.75) is 100 Å². The van der Waals surface area contributed by atoms with Gasteiger partial charge in [-0.15, -0.1) is 0 Å². The zero-order valence-electron chi connectivity index (χ0n) is 43.7. The van der Waals surface area contributed by atoms with Crippen molar-refractivity contribution in [2.75, 3.05) is 25.1 Å². The average molecular weight is 1120 g/mol. The topological polar surface area (TPSA) is 349 Å². The molecule has 1 unspecified atom stereocenters. The lowest BCUT2D eigenvalue weighted by atomic mass is 10.0. The Labute approximate surface area is 468 Å². The Morgan fingerprint density at radius 3 is 1.59 bits per heavy atom. The van der Waals surface area contributed by atoms with Crippen LogP contribution in [-0.2, 0) is 57.6 Å². The quantitative estimate of drug-likeness (QED) is 0.0165. The first kappa shape index (κ1) is 62.1. The fourth-order valence-corrected chi connectivity index (χ4v) is 8.76. The maximum Gasteiger partial charge on any atom is 0.327 e. The number of H-pyrrole nitrogens is 1. The Hall–Kier alpha value is -7.77. The number of hydrogen-bond acceptors (Lipinski definition) is 14. The maximum absolute atomic E-state index is 15.0. The molecule has 0 bridgehead atoms. The molecule has 422 valence electrons. The molecule has 0 saturated carbocycles. The summed E-state index contributed by atoms with van der Waals surface area (Å²) < 4.78 is 0. The second-order valence-electron chi connectivity index (χ2n) is 18.8. The van der Waals surface area contributed by atoms with Gasteiger partial charge in [-0.1, -0.05) is 97.1 Å². The van der Waals surface area contributed by atoms with E-state index in [9.17, 15) is 53.4 Å². The van der Waals surface area contributed by atoms with Crippen LogP contribution in [0.5, 0.6) is 0 Å². The number of nitrogens with one attached hydrogen (secondary N) is 8. The van der Waals surface area contributed by atoms with Crippen LogP contribution in [0.3, 0.4) is 0 Å². The van der Waals surface area contributed by atoms with Crippen molar-refractivity contribution in [3.63, 3.8) is 0 Å². The van der Waals surface area contributed by atoms with Gasteiger partial charge < -0.3 is 68.8 Å². The number of aromatic nitrogens is 1. The van der Waals surface area contributed by atoms with E-state index in [1.54, 1.807) is 109 Å². The van der Waals surface area contributed by atoms with Gasteiger partial charge in [-0.3, -0.25) is 38.4 Å². The maximum atomic E-state index is 15.0. The second kappa shape index (κ2) is 31.0. The highest BCUT2D eigenvalue weighted by Crippen LogP contribution is 2.20. The number of thiol groups is 2. The minimum atomic E-state index is -1.85. The molecule has 1 heterocycles. The molecule has 0 aliphatic rings.